The molecule has 2 aromatic rings. The molecule has 0 aliphatic carbocycles. The molecule has 2 heterocycles. The lowest BCUT2D eigenvalue weighted by Gasteiger charge is -2.26. The zero-order valence-corrected chi connectivity index (χ0v) is 13.2. The van der Waals surface area contributed by atoms with Crippen LogP contribution >= 0.6 is 0 Å². The van der Waals surface area contributed by atoms with E-state index in [2.05, 4.69) is 20.6 Å². The molecule has 1 N–H and O–H groups in total. The second-order valence-electron chi connectivity index (χ2n) is 5.82. The Bertz CT molecular complexity index is 667. The van der Waals surface area contributed by atoms with Crippen LogP contribution in [0.25, 0.3) is 11.4 Å². The van der Waals surface area contributed by atoms with E-state index in [1.807, 2.05) is 20.8 Å². The maximum Gasteiger partial charge on any atom is 0.245 e. The average Bonchev–Trinajstić information content (AvgIpc) is 2.96. The Balaban J connectivity index is 2.18. The molecule has 6 nitrogen and oxygen atoms in total. The number of carbonyl (C=O) groups is 1. The third kappa shape index (κ3) is 3.47. The number of hydrogen-bond acceptors (Lipinski definition) is 4. The Kier molecular flexibility index (Phi) is 4.54. The molecule has 0 saturated carbocycles. The van der Waals surface area contributed by atoms with Crippen molar-refractivity contribution in [3.63, 3.8) is 0 Å². The Morgan fingerprint density at radius 2 is 2.23 bits per heavy atom. The van der Waals surface area contributed by atoms with Gasteiger partial charge in [0, 0.05) is 11.7 Å². The number of aromatic nitrogens is 4. The molecule has 0 aromatic carbocycles. The predicted octanol–water partition coefficient (Wildman–Crippen LogP) is 2.34. The number of carbonyl (C=O) groups excluding carboxylic acids is 1. The van der Waals surface area contributed by atoms with Crippen LogP contribution in [0.4, 0.5) is 4.39 Å². The van der Waals surface area contributed by atoms with Gasteiger partial charge in [-0.2, -0.15) is 0 Å². The summed E-state index contributed by atoms with van der Waals surface area (Å²) < 4.78 is 15.1. The van der Waals surface area contributed by atoms with Gasteiger partial charge in [-0.05, 0) is 39.3 Å². The van der Waals surface area contributed by atoms with Crippen molar-refractivity contribution in [2.45, 2.75) is 45.7 Å². The third-order valence-corrected chi connectivity index (χ3v) is 3.63. The van der Waals surface area contributed by atoms with E-state index in [-0.39, 0.29) is 17.1 Å². The molecular weight excluding hydrogens is 285 g/mol. The molecule has 0 bridgehead atoms. The van der Waals surface area contributed by atoms with Crippen LogP contribution in [0.15, 0.2) is 24.5 Å². The average molecular weight is 305 g/mol. The van der Waals surface area contributed by atoms with Gasteiger partial charge in [0.2, 0.25) is 5.91 Å². The lowest BCUT2D eigenvalue weighted by atomic mass is 10.0. The second-order valence-corrected chi connectivity index (χ2v) is 5.82. The number of nitrogens with one attached hydrogen (secondary N) is 1. The van der Waals surface area contributed by atoms with Crippen LogP contribution in [0.5, 0.6) is 0 Å². The van der Waals surface area contributed by atoms with Crippen LogP contribution in [0.1, 0.15) is 40.2 Å². The van der Waals surface area contributed by atoms with E-state index in [9.17, 15) is 9.18 Å². The zero-order chi connectivity index (χ0) is 16.3. The highest BCUT2D eigenvalue weighted by Crippen LogP contribution is 2.18. The van der Waals surface area contributed by atoms with Crippen LogP contribution in [0, 0.1) is 5.82 Å². The van der Waals surface area contributed by atoms with Crippen LogP contribution in [-0.2, 0) is 4.79 Å². The predicted molar refractivity (Wildman–Crippen MR) is 80.4 cm³/mol. The van der Waals surface area contributed by atoms with E-state index in [4.69, 9.17) is 0 Å². The summed E-state index contributed by atoms with van der Waals surface area (Å²) in [6, 6.07) is 2.27. The van der Waals surface area contributed by atoms with Crippen molar-refractivity contribution >= 4 is 5.91 Å². The molecule has 0 saturated heterocycles. The summed E-state index contributed by atoms with van der Waals surface area (Å²) in [5.41, 5.74) is 0.129. The number of rotatable bonds is 5. The minimum Gasteiger partial charge on any atom is -0.349 e. The number of halogens is 1. The van der Waals surface area contributed by atoms with E-state index in [0.29, 0.717) is 5.69 Å². The summed E-state index contributed by atoms with van der Waals surface area (Å²) in [5.74, 6) is -0.636. The topological polar surface area (TPSA) is 72.7 Å². The molecule has 7 heteroatoms. The minimum atomic E-state index is -0.543. The monoisotopic (exact) mass is 305 g/mol. The zero-order valence-electron chi connectivity index (χ0n) is 13.2. The molecule has 0 aliphatic heterocycles. The first kappa shape index (κ1) is 16.1. The van der Waals surface area contributed by atoms with Crippen molar-refractivity contribution in [2.75, 3.05) is 0 Å². The van der Waals surface area contributed by atoms with Gasteiger partial charge in [-0.25, -0.2) is 9.07 Å². The highest BCUT2D eigenvalue weighted by molar-refractivity contribution is 5.80. The lowest BCUT2D eigenvalue weighted by molar-refractivity contribution is -0.125. The van der Waals surface area contributed by atoms with Crippen molar-refractivity contribution in [1.29, 1.82) is 0 Å². The first-order chi connectivity index (χ1) is 10.3. The van der Waals surface area contributed by atoms with Gasteiger partial charge in [-0.3, -0.25) is 9.78 Å². The molecule has 22 heavy (non-hydrogen) atoms. The van der Waals surface area contributed by atoms with E-state index in [0.717, 1.165) is 6.42 Å². The van der Waals surface area contributed by atoms with Crippen molar-refractivity contribution in [3.05, 3.63) is 30.3 Å². The number of amides is 1. The SMILES string of the molecule is CCC(C)(C)NC(=O)C(C)n1cc(-c2ncccc2F)nn1. The van der Waals surface area contributed by atoms with Gasteiger partial charge in [-0.15, -0.1) is 5.10 Å². The molecule has 1 atom stereocenters. The highest BCUT2D eigenvalue weighted by Gasteiger charge is 2.24. The lowest BCUT2D eigenvalue weighted by Crippen LogP contribution is -2.45. The van der Waals surface area contributed by atoms with Crippen LogP contribution in [-0.4, -0.2) is 31.4 Å². The highest BCUT2D eigenvalue weighted by atomic mass is 19.1. The normalized spacial score (nSPS) is 13.0. The van der Waals surface area contributed by atoms with Gasteiger partial charge >= 0.3 is 0 Å². The van der Waals surface area contributed by atoms with Gasteiger partial charge in [0.15, 0.2) is 5.82 Å². The Morgan fingerprint density at radius 3 is 2.86 bits per heavy atom. The van der Waals surface area contributed by atoms with E-state index >= 15 is 0 Å². The molecule has 2 aromatic heterocycles. The third-order valence-electron chi connectivity index (χ3n) is 3.63. The van der Waals surface area contributed by atoms with Crippen molar-refractivity contribution < 1.29 is 9.18 Å². The summed E-state index contributed by atoms with van der Waals surface area (Å²) in [7, 11) is 0. The molecule has 118 valence electrons. The fourth-order valence-electron chi connectivity index (χ4n) is 1.80. The van der Waals surface area contributed by atoms with Gasteiger partial charge < -0.3 is 5.32 Å². The fourth-order valence-corrected chi connectivity index (χ4v) is 1.80. The van der Waals surface area contributed by atoms with E-state index in [1.165, 1.54) is 29.2 Å². The van der Waals surface area contributed by atoms with Crippen molar-refractivity contribution in [3.8, 4) is 11.4 Å². The Morgan fingerprint density at radius 1 is 1.50 bits per heavy atom. The van der Waals surface area contributed by atoms with Crippen LogP contribution in [0.2, 0.25) is 0 Å². The summed E-state index contributed by atoms with van der Waals surface area (Å²) in [6.45, 7) is 7.62. The van der Waals surface area contributed by atoms with Gasteiger partial charge in [-0.1, -0.05) is 12.1 Å². The fraction of sp³-hybridized carbons (Fsp3) is 0.467. The maximum atomic E-state index is 13.7. The van der Waals surface area contributed by atoms with E-state index < -0.39 is 11.9 Å². The van der Waals surface area contributed by atoms with Crippen LogP contribution < -0.4 is 5.32 Å². The molecule has 0 spiro atoms. The minimum absolute atomic E-state index is 0.121. The van der Waals surface area contributed by atoms with Crippen LogP contribution in [0.3, 0.4) is 0 Å². The van der Waals surface area contributed by atoms with Gasteiger partial charge in [0.1, 0.15) is 17.4 Å². The number of nitrogens with zero attached hydrogens (tertiary/aromatic N) is 4. The summed E-state index contributed by atoms with van der Waals surface area (Å²) in [4.78, 5) is 16.2. The van der Waals surface area contributed by atoms with Gasteiger partial charge in [0.25, 0.3) is 0 Å². The molecule has 1 unspecified atom stereocenters. The molecular formula is C15H20FN5O. The summed E-state index contributed by atoms with van der Waals surface area (Å²) >= 11 is 0. The standard InChI is InChI=1S/C15H20FN5O/c1-5-15(3,4)18-14(22)10(2)21-9-12(19-20-21)13-11(16)7-6-8-17-13/h6-10H,5H2,1-4H3,(H,18,22). The first-order valence-electron chi connectivity index (χ1n) is 7.19. The largest absolute Gasteiger partial charge is 0.349 e. The molecule has 2 rings (SSSR count). The second kappa shape index (κ2) is 6.21. The Labute approximate surface area is 128 Å². The molecule has 0 aliphatic rings. The smallest absolute Gasteiger partial charge is 0.245 e. The first-order valence-corrected chi connectivity index (χ1v) is 7.19. The molecule has 1 amide bonds. The quantitative estimate of drug-likeness (QED) is 0.920. The number of hydrogen-bond donors (Lipinski definition) is 1. The summed E-state index contributed by atoms with van der Waals surface area (Å²) in [6.07, 6.45) is 3.82. The molecule has 0 fully saturated rings. The maximum absolute atomic E-state index is 13.7. The van der Waals surface area contributed by atoms with Crippen molar-refractivity contribution in [2.24, 2.45) is 0 Å². The van der Waals surface area contributed by atoms with Crippen molar-refractivity contribution in [1.82, 2.24) is 25.3 Å². The van der Waals surface area contributed by atoms with E-state index in [1.54, 1.807) is 6.92 Å². The van der Waals surface area contributed by atoms with Gasteiger partial charge in [0.05, 0.1) is 6.20 Å². The number of pyridine rings is 1. The molecule has 0 radical (unpaired) electrons. The Hall–Kier alpha value is -2.31. The summed E-state index contributed by atoms with van der Waals surface area (Å²) in [5, 5.41) is 10.8.